The van der Waals surface area contributed by atoms with Crippen molar-refractivity contribution < 1.29 is 32.8 Å². The fraction of sp³-hybridized carbons (Fsp3) is 0.935. The Labute approximate surface area is 297 Å². The molecule has 0 aliphatic heterocycles. The fourth-order valence-corrected chi connectivity index (χ4v) is 45.2. The molecule has 0 atom stereocenters. The lowest BCUT2D eigenvalue weighted by Crippen LogP contribution is -2.47. The van der Waals surface area contributed by atoms with Gasteiger partial charge in [0.05, 0.1) is 13.2 Å². The zero-order chi connectivity index (χ0) is 36.7. The van der Waals surface area contributed by atoms with Gasteiger partial charge in [-0.05, 0) is 167 Å². The van der Waals surface area contributed by atoms with E-state index in [4.69, 9.17) is 26.5 Å². The molecule has 0 heterocycles. The molecule has 0 aliphatic rings. The van der Waals surface area contributed by atoms with E-state index >= 15 is 0 Å². The van der Waals surface area contributed by atoms with Crippen LogP contribution in [0, 0.1) is 12.0 Å². The van der Waals surface area contributed by atoms with E-state index < -0.39 is 66.5 Å². The number of rotatable bonds is 22. The van der Waals surface area contributed by atoms with Crippen LogP contribution in [0.2, 0.25) is 154 Å². The summed E-state index contributed by atoms with van der Waals surface area (Å²) >= 11 is 0. The summed E-state index contributed by atoms with van der Waals surface area (Å²) in [6.07, 6.45) is 4.58. The van der Waals surface area contributed by atoms with Crippen molar-refractivity contribution >= 4 is 66.5 Å². The summed E-state index contributed by atoms with van der Waals surface area (Å²) in [6.45, 7) is 44.7. The Hall–Kier alpha value is 0.855. The molecule has 0 rings (SSSR count). The Bertz CT molecular complexity index is 910. The van der Waals surface area contributed by atoms with Crippen LogP contribution >= 0.6 is 0 Å². The fourth-order valence-electron chi connectivity index (χ4n) is 5.92. The number of hydrogen-bond acceptors (Lipinski definition) is 7. The van der Waals surface area contributed by atoms with Gasteiger partial charge in [-0.15, -0.1) is 0 Å². The SMILES string of the molecule is CC#COCCC[Si](C)(C)O[Si](C)(C)CC[Si](C)(C)O[Si](C)(C)C.C[Si](C)(C)O[Si](C)(C)CC[Si](C)(C)O[Si](C)(C)CCCOO.[HH]. The Morgan fingerprint density at radius 1 is 0.435 bits per heavy atom. The molecular weight excluding hydrogens is 709 g/mol. The predicted octanol–water partition coefficient (Wildman–Crippen LogP) is 11.5. The van der Waals surface area contributed by atoms with Crippen LogP contribution in [0.15, 0.2) is 0 Å². The second-order valence-corrected chi connectivity index (χ2v) is 54.3. The zero-order valence-electron chi connectivity index (χ0n) is 34.0. The van der Waals surface area contributed by atoms with Gasteiger partial charge in [-0.1, -0.05) is 5.92 Å². The third-order valence-corrected chi connectivity index (χ3v) is 35.2. The molecule has 7 nitrogen and oxygen atoms in total. The van der Waals surface area contributed by atoms with E-state index in [-0.39, 0.29) is 1.43 Å². The van der Waals surface area contributed by atoms with Crippen LogP contribution in [-0.4, -0.2) is 85.0 Å². The van der Waals surface area contributed by atoms with E-state index in [1.54, 1.807) is 6.92 Å². The molecule has 0 aromatic rings. The highest BCUT2D eigenvalue weighted by Crippen LogP contribution is 2.30. The highest BCUT2D eigenvalue weighted by Gasteiger charge is 2.38. The minimum Gasteiger partial charge on any atom is -0.456 e. The van der Waals surface area contributed by atoms with E-state index in [0.717, 1.165) is 24.9 Å². The highest BCUT2D eigenvalue weighted by molar-refractivity contribution is 6.89. The van der Waals surface area contributed by atoms with E-state index in [1.807, 2.05) is 0 Å². The maximum Gasteiger partial charge on any atom is 0.173 e. The molecule has 0 aromatic carbocycles. The lowest BCUT2D eigenvalue weighted by atomic mass is 10.5. The van der Waals surface area contributed by atoms with Crippen LogP contribution in [0.3, 0.4) is 0 Å². The molecular formula is C31H80O7Si8. The van der Waals surface area contributed by atoms with Crippen LogP contribution in [0.25, 0.3) is 0 Å². The molecule has 0 fully saturated rings. The van der Waals surface area contributed by atoms with Gasteiger partial charge in [-0.25, -0.2) is 4.89 Å². The lowest BCUT2D eigenvalue weighted by molar-refractivity contribution is -0.241. The van der Waals surface area contributed by atoms with Crippen molar-refractivity contribution in [3.8, 4) is 12.0 Å². The summed E-state index contributed by atoms with van der Waals surface area (Å²) in [4.78, 5) is 4.18. The van der Waals surface area contributed by atoms with Crippen molar-refractivity contribution in [2.75, 3.05) is 13.2 Å². The van der Waals surface area contributed by atoms with Crippen molar-refractivity contribution in [1.29, 1.82) is 0 Å². The summed E-state index contributed by atoms with van der Waals surface area (Å²) in [5.74, 6) is 2.76. The molecule has 0 spiro atoms. The Morgan fingerprint density at radius 2 is 0.717 bits per heavy atom. The molecule has 0 amide bonds. The van der Waals surface area contributed by atoms with E-state index in [0.29, 0.717) is 13.2 Å². The first-order valence-electron chi connectivity index (χ1n) is 17.5. The van der Waals surface area contributed by atoms with Crippen molar-refractivity contribution in [3.05, 3.63) is 0 Å². The minimum absolute atomic E-state index is 0. The first-order valence-corrected chi connectivity index (χ1v) is 43.0. The Morgan fingerprint density at radius 3 is 1.00 bits per heavy atom. The molecule has 0 bridgehead atoms. The van der Waals surface area contributed by atoms with Gasteiger partial charge in [-0.3, -0.25) is 5.26 Å². The number of hydrogen-bond donors (Lipinski definition) is 1. The van der Waals surface area contributed by atoms with Gasteiger partial charge in [0.15, 0.2) is 66.5 Å². The van der Waals surface area contributed by atoms with E-state index in [2.05, 4.69) is 135 Å². The maximum atomic E-state index is 8.44. The topological polar surface area (TPSA) is 75.6 Å². The molecule has 0 radical (unpaired) electrons. The van der Waals surface area contributed by atoms with Gasteiger partial charge in [0.1, 0.15) is 6.11 Å². The largest absolute Gasteiger partial charge is 0.456 e. The second kappa shape index (κ2) is 20.6. The average Bonchev–Trinajstić information content (AvgIpc) is 2.78. The molecule has 0 aromatic heterocycles. The predicted molar refractivity (Wildman–Crippen MR) is 224 cm³/mol. The molecule has 1 N–H and O–H groups in total. The molecule has 0 unspecified atom stereocenters. The van der Waals surface area contributed by atoms with Crippen LogP contribution in [-0.2, 0) is 26.1 Å². The molecule has 46 heavy (non-hydrogen) atoms. The quantitative estimate of drug-likeness (QED) is 0.0385. The van der Waals surface area contributed by atoms with Gasteiger partial charge in [0.2, 0.25) is 0 Å². The zero-order valence-corrected chi connectivity index (χ0v) is 42.0. The Balaban J connectivity index is -0.000000810. The van der Waals surface area contributed by atoms with Crippen molar-refractivity contribution in [1.82, 2.24) is 0 Å². The number of ether oxygens (including phenoxy) is 1. The monoisotopic (exact) mass is 788 g/mol. The molecule has 278 valence electrons. The van der Waals surface area contributed by atoms with E-state index in [1.165, 1.54) is 24.2 Å². The molecule has 0 saturated carbocycles. The third-order valence-electron chi connectivity index (χ3n) is 7.14. The summed E-state index contributed by atoms with van der Waals surface area (Å²) in [5, 5.41) is 8.44. The first-order chi connectivity index (χ1) is 20.4. The lowest BCUT2D eigenvalue weighted by Gasteiger charge is -2.37. The van der Waals surface area contributed by atoms with Gasteiger partial charge in [0, 0.05) is 8.35 Å². The molecule has 0 aliphatic carbocycles. The van der Waals surface area contributed by atoms with Crippen molar-refractivity contribution in [3.63, 3.8) is 0 Å². The van der Waals surface area contributed by atoms with Crippen LogP contribution < -0.4 is 0 Å². The first kappa shape index (κ1) is 49.0. The summed E-state index contributed by atoms with van der Waals surface area (Å²) in [7, 11) is -12.6. The van der Waals surface area contributed by atoms with Crippen LogP contribution in [0.4, 0.5) is 0 Å². The van der Waals surface area contributed by atoms with Gasteiger partial charge in [0.25, 0.3) is 0 Å². The minimum atomic E-state index is -1.67. The highest BCUT2D eigenvalue weighted by atomic mass is 28.4. The van der Waals surface area contributed by atoms with Crippen molar-refractivity contribution in [2.45, 2.75) is 174 Å². The smallest absolute Gasteiger partial charge is 0.173 e. The summed E-state index contributed by atoms with van der Waals surface area (Å²) in [5.41, 5.74) is 0. The standard InChI is InChI=1S/C17H40O3Si4.C14H38O4Si4.H2/c1-11-13-18-14-12-15-22(5,6)20-24(9,10)17-16-23(7,8)19-21(2,3)4;1-19(2,3)17-21(6,7)13-14-22(8,9)18-20(4,5)12-10-11-16-15;/h12,14-17H2,1-10H3;15H,10-14H2,1-9H3;1H. The second-order valence-electron chi connectivity index (χ2n) is 18.4. The van der Waals surface area contributed by atoms with Gasteiger partial charge < -0.3 is 21.2 Å². The molecule has 15 heteroatoms. The van der Waals surface area contributed by atoms with E-state index in [9.17, 15) is 0 Å². The maximum absolute atomic E-state index is 8.44. The van der Waals surface area contributed by atoms with Crippen LogP contribution in [0.1, 0.15) is 21.2 Å². The third kappa shape index (κ3) is 30.9. The van der Waals surface area contributed by atoms with Crippen molar-refractivity contribution in [2.24, 2.45) is 0 Å². The van der Waals surface area contributed by atoms with Crippen LogP contribution in [0.5, 0.6) is 0 Å². The normalized spacial score (nSPS) is 13.9. The van der Waals surface area contributed by atoms with Gasteiger partial charge >= 0.3 is 0 Å². The van der Waals surface area contributed by atoms with Gasteiger partial charge in [-0.2, -0.15) is 0 Å². The average molecular weight is 790 g/mol. The molecule has 0 saturated heterocycles. The Kier molecular flexibility index (Phi) is 22.0. The summed E-state index contributed by atoms with van der Waals surface area (Å²) in [6, 6.07) is 6.99. The summed E-state index contributed by atoms with van der Waals surface area (Å²) < 4.78 is 31.5.